The molecule has 0 amide bonds. The number of carbonyl (C=O) groups excluding carboxylic acids is 2. The van der Waals surface area contributed by atoms with Crippen LogP contribution in [-0.4, -0.2) is 59.9 Å². The van der Waals surface area contributed by atoms with Crippen LogP contribution in [-0.2, 0) is 37.5 Å². The fraction of sp³-hybridized carbons (Fsp3) is 0.729. The van der Waals surface area contributed by atoms with E-state index in [0.29, 0.717) is 12.8 Å². The highest BCUT2D eigenvalue weighted by Gasteiger charge is 2.28. The predicted molar refractivity (Wildman–Crippen MR) is 245 cm³/mol. The van der Waals surface area contributed by atoms with Crippen LogP contribution < -0.4 is 5.73 Å². The molecule has 0 spiro atoms. The van der Waals surface area contributed by atoms with E-state index in [4.69, 9.17) is 24.8 Å². The van der Waals surface area contributed by atoms with Gasteiger partial charge in [-0.05, 0) is 83.5 Å². The molecule has 0 aliphatic heterocycles. The molecule has 12 heteroatoms. The van der Waals surface area contributed by atoms with Gasteiger partial charge in [0.05, 0.1) is 13.2 Å². The number of ether oxygens (including phenoxy) is 2. The molecular formula is C48H84NO10P. The van der Waals surface area contributed by atoms with E-state index in [0.717, 1.165) is 77.0 Å². The lowest BCUT2D eigenvalue weighted by molar-refractivity contribution is -0.161. The number of nitrogens with two attached hydrogens (primary N) is 1. The van der Waals surface area contributed by atoms with Crippen LogP contribution >= 0.6 is 7.82 Å². The zero-order chi connectivity index (χ0) is 44.2. The molecule has 0 aromatic carbocycles. The highest BCUT2D eigenvalue weighted by molar-refractivity contribution is 7.47. The molecule has 346 valence electrons. The number of phosphoric ester groups is 1. The van der Waals surface area contributed by atoms with Crippen LogP contribution in [0.15, 0.2) is 60.8 Å². The lowest BCUT2D eigenvalue weighted by atomic mass is 10.1. The van der Waals surface area contributed by atoms with Crippen molar-refractivity contribution in [2.75, 3.05) is 19.8 Å². The first-order valence-electron chi connectivity index (χ1n) is 23.3. The van der Waals surface area contributed by atoms with E-state index in [1.807, 2.05) is 0 Å². The quantitative estimate of drug-likeness (QED) is 0.0230. The number of unbranched alkanes of at least 4 members (excludes halogenated alkanes) is 19. The molecular weight excluding hydrogens is 781 g/mol. The Labute approximate surface area is 364 Å². The van der Waals surface area contributed by atoms with Gasteiger partial charge in [0.25, 0.3) is 0 Å². The number of esters is 2. The molecule has 4 N–H and O–H groups in total. The van der Waals surface area contributed by atoms with Crippen molar-refractivity contribution < 1.29 is 47.5 Å². The van der Waals surface area contributed by atoms with Crippen LogP contribution in [0.4, 0.5) is 0 Å². The maximum atomic E-state index is 12.7. The Morgan fingerprint density at radius 1 is 0.517 bits per heavy atom. The van der Waals surface area contributed by atoms with E-state index in [9.17, 15) is 23.8 Å². The van der Waals surface area contributed by atoms with Crippen molar-refractivity contribution in [3.05, 3.63) is 60.8 Å². The highest BCUT2D eigenvalue weighted by Crippen LogP contribution is 2.43. The predicted octanol–water partition coefficient (Wildman–Crippen LogP) is 12.7. The Kier molecular flexibility index (Phi) is 40.8. The monoisotopic (exact) mass is 866 g/mol. The lowest BCUT2D eigenvalue weighted by Crippen LogP contribution is -2.34. The minimum atomic E-state index is -4.73. The third kappa shape index (κ3) is 41.9. The van der Waals surface area contributed by atoms with Crippen molar-refractivity contribution >= 4 is 25.7 Å². The Balaban J connectivity index is 4.37. The third-order valence-electron chi connectivity index (χ3n) is 9.74. The van der Waals surface area contributed by atoms with Gasteiger partial charge in [0, 0.05) is 12.8 Å². The van der Waals surface area contributed by atoms with E-state index in [1.165, 1.54) is 77.0 Å². The molecule has 1 unspecified atom stereocenters. The number of carboxylic acid groups (broad SMARTS) is 1. The molecule has 0 heterocycles. The molecule has 0 fully saturated rings. The Morgan fingerprint density at radius 2 is 0.883 bits per heavy atom. The van der Waals surface area contributed by atoms with Crippen molar-refractivity contribution in [2.24, 2.45) is 5.73 Å². The molecule has 0 aliphatic rings. The Bertz CT molecular complexity index is 1250. The molecule has 0 aromatic rings. The van der Waals surface area contributed by atoms with Gasteiger partial charge in [0.1, 0.15) is 12.6 Å². The van der Waals surface area contributed by atoms with E-state index in [1.54, 1.807) is 0 Å². The summed E-state index contributed by atoms with van der Waals surface area (Å²) in [4.78, 5) is 46.1. The van der Waals surface area contributed by atoms with Gasteiger partial charge in [-0.3, -0.25) is 23.4 Å². The summed E-state index contributed by atoms with van der Waals surface area (Å²) >= 11 is 0. The van der Waals surface area contributed by atoms with Gasteiger partial charge in [-0.25, -0.2) is 4.57 Å². The smallest absolute Gasteiger partial charge is 0.472 e. The van der Waals surface area contributed by atoms with Gasteiger partial charge in [0.15, 0.2) is 6.10 Å². The number of aliphatic carboxylic acids is 1. The largest absolute Gasteiger partial charge is 0.480 e. The third-order valence-corrected chi connectivity index (χ3v) is 10.7. The van der Waals surface area contributed by atoms with Crippen LogP contribution in [0, 0.1) is 0 Å². The maximum Gasteiger partial charge on any atom is 0.472 e. The number of phosphoric acid groups is 1. The maximum absolute atomic E-state index is 12.7. The number of allylic oxidation sites excluding steroid dienone is 10. The SMILES string of the molecule is CCCCC/C=C/C/C=C/C/C=C/CCCCCCC(=O)OC[C@H](COP(=O)(O)OC[C@H](N)C(=O)O)OC(=O)CCCCCCCCCCC/C=C/C/C=C/CCCCC. The van der Waals surface area contributed by atoms with E-state index < -0.39 is 51.1 Å². The van der Waals surface area contributed by atoms with E-state index >= 15 is 0 Å². The fourth-order valence-electron chi connectivity index (χ4n) is 6.04. The van der Waals surface area contributed by atoms with Gasteiger partial charge in [-0.15, -0.1) is 0 Å². The van der Waals surface area contributed by atoms with Crippen molar-refractivity contribution in [3.8, 4) is 0 Å². The first-order valence-corrected chi connectivity index (χ1v) is 24.8. The van der Waals surface area contributed by atoms with Crippen LogP contribution in [0.3, 0.4) is 0 Å². The summed E-state index contributed by atoms with van der Waals surface area (Å²) in [6, 6.07) is -1.53. The number of carbonyl (C=O) groups is 3. The summed E-state index contributed by atoms with van der Waals surface area (Å²) in [5, 5.41) is 8.90. The average molecular weight is 866 g/mol. The van der Waals surface area contributed by atoms with E-state index in [-0.39, 0.29) is 19.4 Å². The highest BCUT2D eigenvalue weighted by atomic mass is 31.2. The normalized spacial score (nSPS) is 14.2. The van der Waals surface area contributed by atoms with Gasteiger partial charge in [0.2, 0.25) is 0 Å². The molecule has 0 aromatic heterocycles. The zero-order valence-electron chi connectivity index (χ0n) is 37.5. The van der Waals surface area contributed by atoms with Gasteiger partial charge >= 0.3 is 25.7 Å². The topological polar surface area (TPSA) is 172 Å². The first kappa shape index (κ1) is 57.2. The minimum Gasteiger partial charge on any atom is -0.480 e. The summed E-state index contributed by atoms with van der Waals surface area (Å²) in [6.45, 7) is 2.73. The second-order valence-electron chi connectivity index (χ2n) is 15.5. The fourth-order valence-corrected chi connectivity index (χ4v) is 6.82. The van der Waals surface area contributed by atoms with Crippen molar-refractivity contribution in [3.63, 3.8) is 0 Å². The van der Waals surface area contributed by atoms with Gasteiger partial charge in [-0.2, -0.15) is 0 Å². The molecule has 60 heavy (non-hydrogen) atoms. The van der Waals surface area contributed by atoms with E-state index in [2.05, 4.69) is 79.1 Å². The summed E-state index contributed by atoms with van der Waals surface area (Å²) < 4.78 is 32.7. The molecule has 0 aliphatic carbocycles. The molecule has 0 rings (SSSR count). The van der Waals surface area contributed by atoms with Crippen LogP contribution in [0.25, 0.3) is 0 Å². The number of hydrogen-bond acceptors (Lipinski definition) is 9. The average Bonchev–Trinajstić information content (AvgIpc) is 3.22. The number of hydrogen-bond donors (Lipinski definition) is 3. The zero-order valence-corrected chi connectivity index (χ0v) is 38.4. The van der Waals surface area contributed by atoms with Crippen LogP contribution in [0.5, 0.6) is 0 Å². The minimum absolute atomic E-state index is 0.149. The lowest BCUT2D eigenvalue weighted by Gasteiger charge is -2.20. The second-order valence-corrected chi connectivity index (χ2v) is 17.0. The van der Waals surface area contributed by atoms with Crippen LogP contribution in [0.2, 0.25) is 0 Å². The molecule has 11 nitrogen and oxygen atoms in total. The summed E-state index contributed by atoms with van der Waals surface area (Å²) in [5.41, 5.74) is 5.34. The van der Waals surface area contributed by atoms with Crippen molar-refractivity contribution in [1.29, 1.82) is 0 Å². The first-order chi connectivity index (χ1) is 29.1. The van der Waals surface area contributed by atoms with Gasteiger partial charge < -0.3 is 25.2 Å². The molecule has 0 saturated heterocycles. The number of carboxylic acids is 1. The molecule has 3 atom stereocenters. The standard InChI is InChI=1S/C48H84NO10P/c1-3-5-7-9-11-13-15-17-19-21-22-24-26-28-30-32-34-36-38-40-47(51)59-44(42-57-60(54,55)58-43-45(49)48(52)53)41-56-46(50)39-37-35-33-31-29-27-25-23-20-18-16-14-12-10-8-6-4-2/h11-14,17-20,25,27,44-45H,3-10,15-16,21-24,26,28-43,49H2,1-2H3,(H,52,53)(H,54,55)/b13-11+,14-12+,19-17+,20-18+,27-25+/t44-,45+/m1/s1. The van der Waals surface area contributed by atoms with Crippen molar-refractivity contribution in [1.82, 2.24) is 0 Å². The Morgan fingerprint density at radius 3 is 1.32 bits per heavy atom. The Hall–Kier alpha value is -2.82. The summed E-state index contributed by atoms with van der Waals surface area (Å²) in [7, 11) is -4.73. The molecule has 0 bridgehead atoms. The molecule has 0 saturated carbocycles. The number of rotatable bonds is 43. The van der Waals surface area contributed by atoms with Gasteiger partial charge in [-0.1, -0.05) is 158 Å². The van der Waals surface area contributed by atoms with Crippen LogP contribution in [0.1, 0.15) is 194 Å². The second kappa shape index (κ2) is 42.9. The summed E-state index contributed by atoms with van der Waals surface area (Å²) in [6.07, 6.45) is 49.9. The van der Waals surface area contributed by atoms with Crippen molar-refractivity contribution in [2.45, 2.75) is 206 Å². The summed E-state index contributed by atoms with van der Waals surface area (Å²) in [5.74, 6) is -2.41. The molecule has 0 radical (unpaired) electrons.